The number of benzene rings is 1. The van der Waals surface area contributed by atoms with E-state index in [-0.39, 0.29) is 29.5 Å². The second-order valence-corrected chi connectivity index (χ2v) is 6.37. The number of carbonyl (C=O) groups excluding carboxylic acids is 1. The van der Waals surface area contributed by atoms with Crippen LogP contribution in [0.2, 0.25) is 0 Å². The highest BCUT2D eigenvalue weighted by atomic mass is 19.3. The Hall–Kier alpha value is -2.38. The van der Waals surface area contributed by atoms with Gasteiger partial charge < -0.3 is 19.5 Å². The van der Waals surface area contributed by atoms with Gasteiger partial charge in [-0.25, -0.2) is 0 Å². The van der Waals surface area contributed by atoms with Crippen molar-refractivity contribution in [1.82, 2.24) is 4.90 Å². The van der Waals surface area contributed by atoms with Crippen LogP contribution in [0.4, 0.5) is 8.78 Å². The minimum absolute atomic E-state index is 0.0267. The molecule has 1 saturated carbocycles. The van der Waals surface area contributed by atoms with Gasteiger partial charge in [-0.3, -0.25) is 9.59 Å². The fourth-order valence-corrected chi connectivity index (χ4v) is 3.48. The van der Waals surface area contributed by atoms with Crippen molar-refractivity contribution >= 4 is 11.9 Å². The fourth-order valence-electron chi connectivity index (χ4n) is 3.48. The zero-order chi connectivity index (χ0) is 18.1. The Kier molecular flexibility index (Phi) is 4.78. The van der Waals surface area contributed by atoms with E-state index in [9.17, 15) is 23.5 Å². The van der Waals surface area contributed by atoms with E-state index in [4.69, 9.17) is 4.74 Å². The summed E-state index contributed by atoms with van der Waals surface area (Å²) in [6.07, 6.45) is 1.94. The number of para-hydroxylation sites is 1. The molecule has 1 aromatic rings. The summed E-state index contributed by atoms with van der Waals surface area (Å²) in [5, 5.41) is 9.40. The first-order valence-electron chi connectivity index (χ1n) is 8.06. The Balaban J connectivity index is 1.87. The largest absolute Gasteiger partial charge is 0.493 e. The van der Waals surface area contributed by atoms with Crippen LogP contribution in [0.1, 0.15) is 23.2 Å². The number of amides is 1. The molecule has 2 aliphatic rings. The van der Waals surface area contributed by atoms with E-state index >= 15 is 0 Å². The van der Waals surface area contributed by atoms with Crippen LogP contribution in [-0.2, 0) is 4.79 Å². The predicted molar refractivity (Wildman–Crippen MR) is 82.9 cm³/mol. The average molecular weight is 355 g/mol. The highest BCUT2D eigenvalue weighted by molar-refractivity contribution is 5.98. The zero-order valence-electron chi connectivity index (χ0n) is 13.7. The van der Waals surface area contributed by atoms with E-state index in [1.54, 1.807) is 0 Å². The topological polar surface area (TPSA) is 76.1 Å². The highest BCUT2D eigenvalue weighted by Gasteiger charge is 2.47. The Morgan fingerprint density at radius 1 is 1.28 bits per heavy atom. The number of hydrogen-bond acceptors (Lipinski definition) is 4. The van der Waals surface area contributed by atoms with Gasteiger partial charge in [0, 0.05) is 13.1 Å². The SMILES string of the molecule is COc1cccc(C(=O)N2C[C@H](C(=O)O)[C@@H](C3CC3)C2)c1OC(F)F. The van der Waals surface area contributed by atoms with Gasteiger partial charge in [0.2, 0.25) is 0 Å². The van der Waals surface area contributed by atoms with Gasteiger partial charge in [0.15, 0.2) is 11.5 Å². The molecule has 0 unspecified atom stereocenters. The summed E-state index contributed by atoms with van der Waals surface area (Å²) >= 11 is 0. The summed E-state index contributed by atoms with van der Waals surface area (Å²) in [7, 11) is 1.29. The van der Waals surface area contributed by atoms with Crippen LogP contribution in [0, 0.1) is 17.8 Å². The van der Waals surface area contributed by atoms with Crippen molar-refractivity contribution in [2.75, 3.05) is 20.2 Å². The normalized spacial score (nSPS) is 23.0. The minimum Gasteiger partial charge on any atom is -0.493 e. The molecule has 1 aliphatic heterocycles. The van der Waals surface area contributed by atoms with E-state index < -0.39 is 24.4 Å². The molecule has 0 spiro atoms. The van der Waals surface area contributed by atoms with Crippen LogP contribution >= 0.6 is 0 Å². The van der Waals surface area contributed by atoms with E-state index in [1.807, 2.05) is 0 Å². The third-order valence-electron chi connectivity index (χ3n) is 4.83. The van der Waals surface area contributed by atoms with Crippen molar-refractivity contribution in [1.29, 1.82) is 0 Å². The molecule has 1 aromatic carbocycles. The molecule has 1 aliphatic carbocycles. The predicted octanol–water partition coefficient (Wildman–Crippen LogP) is 2.48. The Morgan fingerprint density at radius 3 is 2.56 bits per heavy atom. The Morgan fingerprint density at radius 2 is 2.00 bits per heavy atom. The maximum absolute atomic E-state index is 12.8. The fraction of sp³-hybridized carbons (Fsp3) is 0.529. The molecule has 2 atom stereocenters. The molecule has 2 fully saturated rings. The standard InChI is InChI=1S/C17H19F2NO5/c1-24-13-4-2-3-10(14(13)25-17(18)19)15(21)20-7-11(9-5-6-9)12(8-20)16(22)23/h2-4,9,11-12,17H,5-8H2,1H3,(H,22,23)/t11-,12+/m1/s1. The summed E-state index contributed by atoms with van der Waals surface area (Å²) < 4.78 is 34.9. The van der Waals surface area contributed by atoms with Gasteiger partial charge in [-0.05, 0) is 36.8 Å². The summed E-state index contributed by atoms with van der Waals surface area (Å²) in [4.78, 5) is 25.7. The van der Waals surface area contributed by atoms with Gasteiger partial charge in [0.1, 0.15) is 0 Å². The van der Waals surface area contributed by atoms with Crippen molar-refractivity contribution in [3.8, 4) is 11.5 Å². The monoisotopic (exact) mass is 355 g/mol. The third kappa shape index (κ3) is 3.52. The smallest absolute Gasteiger partial charge is 0.387 e. The molecule has 1 N–H and O–H groups in total. The van der Waals surface area contributed by atoms with Crippen molar-refractivity contribution in [2.24, 2.45) is 17.8 Å². The summed E-state index contributed by atoms with van der Waals surface area (Å²) in [5.74, 6) is -2.15. The average Bonchev–Trinajstić information content (AvgIpc) is 3.32. The van der Waals surface area contributed by atoms with Crippen molar-refractivity contribution in [3.63, 3.8) is 0 Å². The summed E-state index contributed by atoms with van der Waals surface area (Å²) in [6, 6.07) is 4.31. The maximum Gasteiger partial charge on any atom is 0.387 e. The second-order valence-electron chi connectivity index (χ2n) is 6.37. The zero-order valence-corrected chi connectivity index (χ0v) is 13.7. The van der Waals surface area contributed by atoms with Gasteiger partial charge in [-0.15, -0.1) is 0 Å². The number of ether oxygens (including phenoxy) is 2. The van der Waals surface area contributed by atoms with Gasteiger partial charge in [0.25, 0.3) is 5.91 Å². The molecule has 0 radical (unpaired) electrons. The quantitative estimate of drug-likeness (QED) is 0.848. The van der Waals surface area contributed by atoms with E-state index in [2.05, 4.69) is 4.74 Å². The van der Waals surface area contributed by atoms with Crippen LogP contribution in [0.15, 0.2) is 18.2 Å². The number of carboxylic acids is 1. The summed E-state index contributed by atoms with van der Waals surface area (Å²) in [5.41, 5.74) is -0.0553. The molecular formula is C17H19F2NO5. The molecule has 3 rings (SSSR count). The number of alkyl halides is 2. The number of carbonyl (C=O) groups is 2. The van der Waals surface area contributed by atoms with Gasteiger partial charge >= 0.3 is 12.6 Å². The van der Waals surface area contributed by atoms with Gasteiger partial charge in [0.05, 0.1) is 18.6 Å². The first-order chi connectivity index (χ1) is 11.9. The van der Waals surface area contributed by atoms with E-state index in [1.165, 1.54) is 30.2 Å². The van der Waals surface area contributed by atoms with Gasteiger partial charge in [-0.1, -0.05) is 6.07 Å². The minimum atomic E-state index is -3.10. The lowest BCUT2D eigenvalue weighted by Gasteiger charge is -2.19. The molecule has 1 heterocycles. The number of hydrogen-bond donors (Lipinski definition) is 1. The van der Waals surface area contributed by atoms with Crippen LogP contribution in [0.5, 0.6) is 11.5 Å². The molecule has 0 aromatic heterocycles. The van der Waals surface area contributed by atoms with Crippen molar-refractivity contribution in [2.45, 2.75) is 19.5 Å². The molecule has 6 nitrogen and oxygen atoms in total. The first-order valence-corrected chi connectivity index (χ1v) is 8.06. The third-order valence-corrected chi connectivity index (χ3v) is 4.83. The van der Waals surface area contributed by atoms with Crippen molar-refractivity contribution < 1.29 is 33.0 Å². The molecule has 0 bridgehead atoms. The molecule has 25 heavy (non-hydrogen) atoms. The molecule has 136 valence electrons. The number of rotatable bonds is 6. The Bertz CT molecular complexity index is 677. The lowest BCUT2D eigenvalue weighted by atomic mass is 9.92. The van der Waals surface area contributed by atoms with E-state index in [0.717, 1.165) is 12.8 Å². The lowest BCUT2D eigenvalue weighted by Crippen LogP contribution is -2.30. The van der Waals surface area contributed by atoms with Crippen LogP contribution in [0.3, 0.4) is 0 Å². The van der Waals surface area contributed by atoms with Crippen LogP contribution < -0.4 is 9.47 Å². The number of nitrogens with zero attached hydrogens (tertiary/aromatic N) is 1. The summed E-state index contributed by atoms with van der Waals surface area (Å²) in [6.45, 7) is -2.72. The molecular weight excluding hydrogens is 336 g/mol. The van der Waals surface area contributed by atoms with Crippen molar-refractivity contribution in [3.05, 3.63) is 23.8 Å². The number of aliphatic carboxylic acids is 1. The molecule has 8 heteroatoms. The van der Waals surface area contributed by atoms with Gasteiger partial charge in [-0.2, -0.15) is 8.78 Å². The van der Waals surface area contributed by atoms with E-state index in [0.29, 0.717) is 12.5 Å². The number of halogens is 2. The van der Waals surface area contributed by atoms with Crippen LogP contribution in [0.25, 0.3) is 0 Å². The Labute approximate surface area is 143 Å². The van der Waals surface area contributed by atoms with Crippen LogP contribution in [-0.4, -0.2) is 48.7 Å². The maximum atomic E-state index is 12.8. The molecule has 1 amide bonds. The number of likely N-dealkylation sites (tertiary alicyclic amines) is 1. The number of methoxy groups -OCH3 is 1. The molecule has 1 saturated heterocycles. The lowest BCUT2D eigenvalue weighted by molar-refractivity contribution is -0.142. The number of carboxylic acid groups (broad SMARTS) is 1. The second kappa shape index (κ2) is 6.85. The highest BCUT2D eigenvalue weighted by Crippen LogP contribution is 2.44. The first kappa shape index (κ1) is 17.4.